The Labute approximate surface area is 102 Å². The van der Waals surface area contributed by atoms with Gasteiger partial charge in [-0.3, -0.25) is 0 Å². The zero-order valence-corrected chi connectivity index (χ0v) is 10.3. The number of nitrogens with zero attached hydrogens (tertiary/aromatic N) is 1. The Morgan fingerprint density at radius 3 is 2.41 bits per heavy atom. The van der Waals surface area contributed by atoms with Crippen LogP contribution in [0.5, 0.6) is 0 Å². The summed E-state index contributed by atoms with van der Waals surface area (Å²) < 4.78 is 26.0. The first-order valence-corrected chi connectivity index (χ1v) is 6.07. The standard InChI is InChI=1S/C12H12F2N2S/c1-7-12(17-6-15-7)8(2)16-11-4-9(13)3-10(14)5-11/h3-6,8,16H,1-2H3. The van der Waals surface area contributed by atoms with Gasteiger partial charge in [0.25, 0.3) is 0 Å². The summed E-state index contributed by atoms with van der Waals surface area (Å²) in [6, 6.07) is 3.38. The highest BCUT2D eigenvalue weighted by atomic mass is 32.1. The van der Waals surface area contributed by atoms with Crippen molar-refractivity contribution in [3.05, 3.63) is 45.9 Å². The maximum Gasteiger partial charge on any atom is 0.128 e. The van der Waals surface area contributed by atoms with Crippen LogP contribution in [0.3, 0.4) is 0 Å². The SMILES string of the molecule is Cc1ncsc1C(C)Nc1cc(F)cc(F)c1. The Hall–Kier alpha value is -1.49. The second kappa shape index (κ2) is 4.79. The molecule has 5 heteroatoms. The summed E-state index contributed by atoms with van der Waals surface area (Å²) in [5.74, 6) is -1.17. The second-order valence-electron chi connectivity index (χ2n) is 3.83. The molecule has 1 N–H and O–H groups in total. The van der Waals surface area contributed by atoms with Crippen molar-refractivity contribution in [2.75, 3.05) is 5.32 Å². The van der Waals surface area contributed by atoms with E-state index in [1.165, 1.54) is 23.5 Å². The Bertz CT molecular complexity index is 505. The van der Waals surface area contributed by atoms with Crippen molar-refractivity contribution in [1.82, 2.24) is 4.98 Å². The van der Waals surface area contributed by atoms with Crippen LogP contribution in [0, 0.1) is 18.6 Å². The van der Waals surface area contributed by atoms with Gasteiger partial charge in [0.05, 0.1) is 17.2 Å². The lowest BCUT2D eigenvalue weighted by atomic mass is 10.2. The average Bonchev–Trinajstić information content (AvgIpc) is 2.62. The van der Waals surface area contributed by atoms with Gasteiger partial charge in [0.15, 0.2) is 0 Å². The van der Waals surface area contributed by atoms with Gasteiger partial charge in [0.1, 0.15) is 11.6 Å². The summed E-state index contributed by atoms with van der Waals surface area (Å²) in [5, 5.41) is 3.06. The summed E-state index contributed by atoms with van der Waals surface area (Å²) in [6.07, 6.45) is 0. The maximum absolute atomic E-state index is 13.0. The van der Waals surface area contributed by atoms with E-state index >= 15 is 0 Å². The predicted octanol–water partition coefficient (Wildman–Crippen LogP) is 3.90. The molecule has 2 rings (SSSR count). The quantitative estimate of drug-likeness (QED) is 0.898. The summed E-state index contributed by atoms with van der Waals surface area (Å²) in [7, 11) is 0. The third-order valence-corrected chi connectivity index (χ3v) is 3.54. The molecule has 0 aliphatic heterocycles. The summed E-state index contributed by atoms with van der Waals surface area (Å²) >= 11 is 1.52. The van der Waals surface area contributed by atoms with Gasteiger partial charge >= 0.3 is 0 Å². The molecule has 0 radical (unpaired) electrons. The zero-order chi connectivity index (χ0) is 12.4. The number of hydrogen-bond donors (Lipinski definition) is 1. The molecule has 1 aromatic heterocycles. The van der Waals surface area contributed by atoms with Crippen LogP contribution in [0.25, 0.3) is 0 Å². The molecule has 0 bridgehead atoms. The molecule has 0 saturated carbocycles. The topological polar surface area (TPSA) is 24.9 Å². The molecular weight excluding hydrogens is 242 g/mol. The first-order chi connectivity index (χ1) is 8.06. The molecule has 90 valence electrons. The van der Waals surface area contributed by atoms with E-state index in [0.717, 1.165) is 16.6 Å². The lowest BCUT2D eigenvalue weighted by Gasteiger charge is -2.14. The first-order valence-electron chi connectivity index (χ1n) is 5.19. The number of nitrogens with one attached hydrogen (secondary N) is 1. The van der Waals surface area contributed by atoms with E-state index in [-0.39, 0.29) is 6.04 Å². The van der Waals surface area contributed by atoms with E-state index in [9.17, 15) is 8.78 Å². The van der Waals surface area contributed by atoms with E-state index in [0.29, 0.717) is 5.69 Å². The zero-order valence-electron chi connectivity index (χ0n) is 9.50. The largest absolute Gasteiger partial charge is 0.377 e. The summed E-state index contributed by atoms with van der Waals surface area (Å²) in [4.78, 5) is 5.21. The smallest absolute Gasteiger partial charge is 0.128 e. The van der Waals surface area contributed by atoms with E-state index in [4.69, 9.17) is 0 Å². The minimum absolute atomic E-state index is 0.0244. The third-order valence-electron chi connectivity index (χ3n) is 2.42. The highest BCUT2D eigenvalue weighted by Gasteiger charge is 2.11. The molecule has 0 amide bonds. The van der Waals surface area contributed by atoms with Crippen molar-refractivity contribution in [3.8, 4) is 0 Å². The normalized spacial score (nSPS) is 12.5. The molecule has 1 atom stereocenters. The minimum atomic E-state index is -0.583. The van der Waals surface area contributed by atoms with E-state index < -0.39 is 11.6 Å². The van der Waals surface area contributed by atoms with Crippen LogP contribution in [-0.2, 0) is 0 Å². The second-order valence-corrected chi connectivity index (χ2v) is 4.71. The fourth-order valence-corrected chi connectivity index (χ4v) is 2.49. The number of aromatic nitrogens is 1. The minimum Gasteiger partial charge on any atom is -0.377 e. The summed E-state index contributed by atoms with van der Waals surface area (Å²) in [5.41, 5.74) is 3.13. The number of halogens is 2. The molecule has 0 aliphatic carbocycles. The number of benzene rings is 1. The first kappa shape index (κ1) is 12.0. The molecule has 1 unspecified atom stereocenters. The van der Waals surface area contributed by atoms with Gasteiger partial charge in [0, 0.05) is 16.6 Å². The Morgan fingerprint density at radius 1 is 1.24 bits per heavy atom. The van der Waals surface area contributed by atoms with E-state index in [1.807, 2.05) is 13.8 Å². The summed E-state index contributed by atoms with van der Waals surface area (Å²) in [6.45, 7) is 3.85. The highest BCUT2D eigenvalue weighted by molar-refractivity contribution is 7.09. The van der Waals surface area contributed by atoms with Crippen molar-refractivity contribution in [3.63, 3.8) is 0 Å². The van der Waals surface area contributed by atoms with Gasteiger partial charge in [-0.1, -0.05) is 0 Å². The van der Waals surface area contributed by atoms with Gasteiger partial charge in [-0.05, 0) is 26.0 Å². The molecule has 1 aromatic carbocycles. The lowest BCUT2D eigenvalue weighted by Crippen LogP contribution is -2.06. The van der Waals surface area contributed by atoms with Crippen molar-refractivity contribution in [1.29, 1.82) is 0 Å². The molecule has 0 spiro atoms. The van der Waals surface area contributed by atoms with Crippen molar-refractivity contribution in [2.24, 2.45) is 0 Å². The molecule has 1 heterocycles. The van der Waals surface area contributed by atoms with Crippen LogP contribution < -0.4 is 5.32 Å². The lowest BCUT2D eigenvalue weighted by molar-refractivity contribution is 0.583. The number of aryl methyl sites for hydroxylation is 1. The fourth-order valence-electron chi connectivity index (χ4n) is 1.68. The monoisotopic (exact) mass is 254 g/mol. The number of rotatable bonds is 3. The average molecular weight is 254 g/mol. The molecule has 2 nitrogen and oxygen atoms in total. The van der Waals surface area contributed by atoms with Gasteiger partial charge < -0.3 is 5.32 Å². The molecule has 0 fully saturated rings. The van der Waals surface area contributed by atoms with Crippen LogP contribution >= 0.6 is 11.3 Å². The van der Waals surface area contributed by atoms with Crippen LogP contribution in [0.1, 0.15) is 23.5 Å². The van der Waals surface area contributed by atoms with Crippen LogP contribution in [0.4, 0.5) is 14.5 Å². The fraction of sp³-hybridized carbons (Fsp3) is 0.250. The predicted molar refractivity (Wildman–Crippen MR) is 65.2 cm³/mol. The van der Waals surface area contributed by atoms with Gasteiger partial charge in [-0.15, -0.1) is 11.3 Å². The molecule has 2 aromatic rings. The van der Waals surface area contributed by atoms with Gasteiger partial charge in [-0.2, -0.15) is 0 Å². The van der Waals surface area contributed by atoms with Crippen LogP contribution in [-0.4, -0.2) is 4.98 Å². The van der Waals surface area contributed by atoms with Crippen molar-refractivity contribution >= 4 is 17.0 Å². The van der Waals surface area contributed by atoms with Gasteiger partial charge in [0.2, 0.25) is 0 Å². The number of hydrogen-bond acceptors (Lipinski definition) is 3. The molecule has 0 saturated heterocycles. The van der Waals surface area contributed by atoms with E-state index in [2.05, 4.69) is 10.3 Å². The van der Waals surface area contributed by atoms with Crippen molar-refractivity contribution in [2.45, 2.75) is 19.9 Å². The molecule has 0 aliphatic rings. The van der Waals surface area contributed by atoms with Crippen molar-refractivity contribution < 1.29 is 8.78 Å². The molecular formula is C12H12F2N2S. The van der Waals surface area contributed by atoms with Crippen LogP contribution in [0.15, 0.2) is 23.7 Å². The van der Waals surface area contributed by atoms with Gasteiger partial charge in [-0.25, -0.2) is 13.8 Å². The highest BCUT2D eigenvalue weighted by Crippen LogP contribution is 2.25. The maximum atomic E-state index is 13.0. The Kier molecular flexibility index (Phi) is 3.38. The number of anilines is 1. The number of thiazole rings is 1. The molecule has 17 heavy (non-hydrogen) atoms. The Morgan fingerprint density at radius 2 is 1.88 bits per heavy atom. The Balaban J connectivity index is 2.18. The van der Waals surface area contributed by atoms with Crippen LogP contribution in [0.2, 0.25) is 0 Å². The van der Waals surface area contributed by atoms with E-state index in [1.54, 1.807) is 5.51 Å². The third kappa shape index (κ3) is 2.79.